The van der Waals surface area contributed by atoms with Crippen molar-refractivity contribution in [1.29, 1.82) is 0 Å². The minimum atomic E-state index is -0.718. The van der Waals surface area contributed by atoms with Gasteiger partial charge in [-0.2, -0.15) is 4.98 Å². The van der Waals surface area contributed by atoms with E-state index in [2.05, 4.69) is 25.3 Å². The molecule has 2 aromatic carbocycles. The van der Waals surface area contributed by atoms with Crippen LogP contribution in [0.3, 0.4) is 0 Å². The number of ether oxygens (including phenoxy) is 2. The number of carbonyl (C=O) groups excluding carboxylic acids is 1. The third-order valence-electron chi connectivity index (χ3n) is 4.58. The first-order chi connectivity index (χ1) is 15.5. The normalized spacial score (nSPS) is 11.8. The summed E-state index contributed by atoms with van der Waals surface area (Å²) < 4.78 is 10.6. The van der Waals surface area contributed by atoms with Crippen molar-refractivity contribution in [2.24, 2.45) is 0 Å². The smallest absolute Gasteiger partial charge is 0.242 e. The van der Waals surface area contributed by atoms with E-state index in [1.165, 1.54) is 44.4 Å². The molecule has 0 fully saturated rings. The fraction of sp³-hybridized carbons (Fsp3) is 0.143. The first-order valence-electron chi connectivity index (χ1n) is 9.43. The summed E-state index contributed by atoms with van der Waals surface area (Å²) in [6.07, 6.45) is 1.49. The molecule has 164 valence electrons. The Morgan fingerprint density at radius 1 is 1.12 bits per heavy atom. The van der Waals surface area contributed by atoms with Crippen molar-refractivity contribution in [1.82, 2.24) is 19.9 Å². The zero-order chi connectivity index (χ0) is 22.7. The summed E-state index contributed by atoms with van der Waals surface area (Å²) in [5.41, 5.74) is 8.01. The van der Waals surface area contributed by atoms with Crippen molar-refractivity contribution in [2.75, 3.05) is 25.3 Å². The van der Waals surface area contributed by atoms with E-state index >= 15 is 0 Å². The number of aromatic hydroxyl groups is 1. The number of nitrogens with two attached hydrogens (primary N) is 1. The van der Waals surface area contributed by atoms with Crippen LogP contribution in [0.25, 0.3) is 11.2 Å². The molecule has 0 aliphatic rings. The molecule has 2 heterocycles. The molecule has 0 aliphatic heterocycles. The summed E-state index contributed by atoms with van der Waals surface area (Å²) in [6.45, 7) is 0. The van der Waals surface area contributed by atoms with Crippen LogP contribution in [0.5, 0.6) is 17.2 Å². The molecule has 0 spiro atoms. The number of hydrogen-bond donors (Lipinski definition) is 4. The molecule has 4 rings (SSSR count). The van der Waals surface area contributed by atoms with Crippen molar-refractivity contribution in [3.05, 3.63) is 54.4 Å². The van der Waals surface area contributed by atoms with E-state index in [9.17, 15) is 9.90 Å². The van der Waals surface area contributed by atoms with Crippen LogP contribution < -0.4 is 20.5 Å². The summed E-state index contributed by atoms with van der Waals surface area (Å²) in [7, 11) is 3.06. The molecule has 4 aromatic rings. The third kappa shape index (κ3) is 4.37. The van der Waals surface area contributed by atoms with Gasteiger partial charge in [-0.1, -0.05) is 23.9 Å². The Kier molecular flexibility index (Phi) is 5.99. The highest BCUT2D eigenvalue weighted by Gasteiger charge is 2.25. The van der Waals surface area contributed by atoms with Gasteiger partial charge < -0.3 is 30.6 Å². The Labute approximate surface area is 187 Å². The second-order valence-electron chi connectivity index (χ2n) is 6.64. The van der Waals surface area contributed by atoms with E-state index in [1.54, 1.807) is 30.3 Å². The SMILES string of the molecule is COc1ccc(NC(=O)[C@H](Sc2nc(N)nc3nc[nH]c23)c2ccc(O)cc2)cc1OC. The number of imidazole rings is 1. The molecule has 2 aromatic heterocycles. The molecular weight excluding hydrogens is 432 g/mol. The zero-order valence-electron chi connectivity index (χ0n) is 17.2. The first kappa shape index (κ1) is 21.2. The standard InChI is InChI=1S/C21H20N6O4S/c1-30-14-8-5-12(9-15(14)31-2)25-19(29)17(11-3-6-13(28)7-4-11)32-20-16-18(24-10-23-16)26-21(22)27-20/h3-10,17,28H,1-2H3,(H,25,29)(H3,22,23,24,26,27)/t17-/m1/s1. The van der Waals surface area contributed by atoms with E-state index < -0.39 is 5.25 Å². The molecule has 0 saturated heterocycles. The number of phenolic OH excluding ortho intramolecular Hbond substituents is 1. The van der Waals surface area contributed by atoms with Crippen molar-refractivity contribution in [3.8, 4) is 17.2 Å². The summed E-state index contributed by atoms with van der Waals surface area (Å²) in [5, 5.41) is 12.3. The number of nitrogens with one attached hydrogen (secondary N) is 2. The highest BCUT2D eigenvalue weighted by atomic mass is 32.2. The summed E-state index contributed by atoms with van der Waals surface area (Å²) in [4.78, 5) is 28.8. The lowest BCUT2D eigenvalue weighted by Crippen LogP contribution is -2.19. The maximum atomic E-state index is 13.3. The molecule has 10 nitrogen and oxygen atoms in total. The molecule has 5 N–H and O–H groups in total. The van der Waals surface area contributed by atoms with Crippen LogP contribution in [0.2, 0.25) is 0 Å². The van der Waals surface area contributed by atoms with Gasteiger partial charge in [-0.25, -0.2) is 9.97 Å². The van der Waals surface area contributed by atoms with Gasteiger partial charge in [0.15, 0.2) is 17.1 Å². The highest BCUT2D eigenvalue weighted by Crippen LogP contribution is 2.39. The number of benzene rings is 2. The average Bonchev–Trinajstić information content (AvgIpc) is 3.26. The number of fused-ring (bicyclic) bond motifs is 1. The number of nitrogen functional groups attached to an aromatic ring is 1. The predicted molar refractivity (Wildman–Crippen MR) is 121 cm³/mol. The molecule has 0 bridgehead atoms. The molecule has 32 heavy (non-hydrogen) atoms. The van der Waals surface area contributed by atoms with Gasteiger partial charge in [-0.3, -0.25) is 4.79 Å². The number of nitrogens with zero attached hydrogens (tertiary/aromatic N) is 3. The Balaban J connectivity index is 1.68. The van der Waals surface area contributed by atoms with Crippen LogP contribution in [0, 0.1) is 0 Å². The third-order valence-corrected chi connectivity index (χ3v) is 5.82. The highest BCUT2D eigenvalue weighted by molar-refractivity contribution is 8.00. The number of phenols is 1. The lowest BCUT2D eigenvalue weighted by Gasteiger charge is -2.18. The van der Waals surface area contributed by atoms with E-state index in [0.717, 1.165) is 0 Å². The average molecular weight is 452 g/mol. The Morgan fingerprint density at radius 2 is 1.88 bits per heavy atom. The number of aromatic nitrogens is 4. The maximum absolute atomic E-state index is 13.3. The van der Waals surface area contributed by atoms with Crippen LogP contribution in [0.15, 0.2) is 53.8 Å². The Bertz CT molecular complexity index is 1260. The predicted octanol–water partition coefficient (Wildman–Crippen LogP) is 3.13. The van der Waals surface area contributed by atoms with Crippen LogP contribution >= 0.6 is 11.8 Å². The van der Waals surface area contributed by atoms with Gasteiger partial charge in [0.25, 0.3) is 0 Å². The molecule has 0 unspecified atom stereocenters. The monoisotopic (exact) mass is 452 g/mol. The minimum absolute atomic E-state index is 0.0526. The van der Waals surface area contributed by atoms with Crippen molar-refractivity contribution >= 4 is 40.5 Å². The second kappa shape index (κ2) is 9.02. The van der Waals surface area contributed by atoms with Gasteiger partial charge in [0.1, 0.15) is 21.5 Å². The largest absolute Gasteiger partial charge is 0.508 e. The van der Waals surface area contributed by atoms with Crippen LogP contribution in [-0.2, 0) is 4.79 Å². The zero-order valence-corrected chi connectivity index (χ0v) is 18.0. The Hall–Kier alpha value is -3.99. The van der Waals surface area contributed by atoms with E-state index in [4.69, 9.17) is 15.2 Å². The molecule has 11 heteroatoms. The van der Waals surface area contributed by atoms with E-state index in [0.29, 0.717) is 38.9 Å². The van der Waals surface area contributed by atoms with Crippen molar-refractivity contribution in [2.45, 2.75) is 10.3 Å². The number of H-pyrrole nitrogens is 1. The number of rotatable bonds is 7. The number of amides is 1. The molecule has 0 saturated carbocycles. The number of aromatic amines is 1. The lowest BCUT2D eigenvalue weighted by atomic mass is 10.1. The number of anilines is 2. The van der Waals surface area contributed by atoms with Crippen LogP contribution in [0.1, 0.15) is 10.8 Å². The topological polar surface area (TPSA) is 148 Å². The van der Waals surface area contributed by atoms with E-state index in [-0.39, 0.29) is 17.6 Å². The first-order valence-corrected chi connectivity index (χ1v) is 10.3. The minimum Gasteiger partial charge on any atom is -0.508 e. The van der Waals surface area contributed by atoms with Gasteiger partial charge in [0.2, 0.25) is 11.9 Å². The lowest BCUT2D eigenvalue weighted by molar-refractivity contribution is -0.115. The van der Waals surface area contributed by atoms with Crippen molar-refractivity contribution < 1.29 is 19.4 Å². The fourth-order valence-corrected chi connectivity index (χ4v) is 4.16. The summed E-state index contributed by atoms with van der Waals surface area (Å²) in [6, 6.07) is 11.5. The number of methoxy groups -OCH3 is 2. The quantitative estimate of drug-likeness (QED) is 0.245. The molecule has 1 atom stereocenters. The fourth-order valence-electron chi connectivity index (χ4n) is 3.06. The van der Waals surface area contributed by atoms with Gasteiger partial charge in [0.05, 0.1) is 20.5 Å². The summed E-state index contributed by atoms with van der Waals surface area (Å²) in [5.74, 6) is 0.879. The molecule has 1 amide bonds. The van der Waals surface area contributed by atoms with Crippen LogP contribution in [0.4, 0.5) is 11.6 Å². The number of carbonyl (C=O) groups is 1. The van der Waals surface area contributed by atoms with Gasteiger partial charge in [-0.05, 0) is 29.8 Å². The molecular formula is C21H20N6O4S. The van der Waals surface area contributed by atoms with Crippen molar-refractivity contribution in [3.63, 3.8) is 0 Å². The van der Waals surface area contributed by atoms with Gasteiger partial charge in [-0.15, -0.1) is 0 Å². The Morgan fingerprint density at radius 3 is 2.59 bits per heavy atom. The number of hydrogen-bond acceptors (Lipinski definition) is 9. The second-order valence-corrected chi connectivity index (χ2v) is 7.73. The van der Waals surface area contributed by atoms with Gasteiger partial charge in [0, 0.05) is 11.8 Å². The summed E-state index contributed by atoms with van der Waals surface area (Å²) >= 11 is 1.19. The molecule has 0 radical (unpaired) electrons. The van der Waals surface area contributed by atoms with Crippen LogP contribution in [-0.4, -0.2) is 45.2 Å². The van der Waals surface area contributed by atoms with Gasteiger partial charge >= 0.3 is 0 Å². The maximum Gasteiger partial charge on any atom is 0.242 e. The number of thioether (sulfide) groups is 1. The molecule has 0 aliphatic carbocycles. The van der Waals surface area contributed by atoms with E-state index in [1.807, 2.05) is 0 Å².